The molecule has 2 N–H and O–H groups in total. The van der Waals surface area contributed by atoms with Crippen molar-refractivity contribution in [2.45, 2.75) is 19.8 Å². The van der Waals surface area contributed by atoms with E-state index >= 15 is 0 Å². The summed E-state index contributed by atoms with van der Waals surface area (Å²) in [5, 5.41) is 2.61. The van der Waals surface area contributed by atoms with Crippen LogP contribution in [0.15, 0.2) is 16.9 Å². The van der Waals surface area contributed by atoms with Gasteiger partial charge in [-0.25, -0.2) is 8.42 Å². The molecule has 1 aliphatic rings. The lowest BCUT2D eigenvalue weighted by atomic mass is 10.0. The molecule has 2 rings (SSSR count). The molecule has 1 saturated heterocycles. The van der Waals surface area contributed by atoms with Gasteiger partial charge in [-0.2, -0.15) is 4.31 Å². The second-order valence-electron chi connectivity index (χ2n) is 5.89. The number of ether oxygens (including phenoxy) is 1. The number of rotatable bonds is 6. The highest BCUT2D eigenvalue weighted by molar-refractivity contribution is 7.89. The predicted octanol–water partition coefficient (Wildman–Crippen LogP) is -0.110. The number of sulfonamides is 1. The fraction of sp³-hybridized carbons (Fsp3) is 0.600. The van der Waals surface area contributed by atoms with Gasteiger partial charge in [-0.3, -0.25) is 9.59 Å². The number of carbonyl (C=O) groups excluding carboxylic acids is 1. The third kappa shape index (κ3) is 4.65. The molecule has 0 aromatic carbocycles. The highest BCUT2D eigenvalue weighted by atomic mass is 32.2. The van der Waals surface area contributed by atoms with E-state index in [1.807, 2.05) is 13.8 Å². The fourth-order valence-electron chi connectivity index (χ4n) is 2.49. The van der Waals surface area contributed by atoms with Crippen molar-refractivity contribution in [3.05, 3.63) is 33.7 Å². The Kier molecular flexibility index (Phi) is 6.14. The Labute approximate surface area is 141 Å². The van der Waals surface area contributed by atoms with Crippen molar-refractivity contribution in [1.82, 2.24) is 14.6 Å². The van der Waals surface area contributed by atoms with E-state index in [1.54, 1.807) is 0 Å². The Bertz CT molecular complexity index is 736. The Hall–Kier alpha value is -1.71. The summed E-state index contributed by atoms with van der Waals surface area (Å²) < 4.78 is 30.9. The van der Waals surface area contributed by atoms with Crippen molar-refractivity contribution in [2.75, 3.05) is 38.6 Å². The van der Waals surface area contributed by atoms with Crippen LogP contribution < -0.4 is 10.9 Å². The normalized spacial score (nSPS) is 16.3. The highest BCUT2D eigenvalue weighted by Crippen LogP contribution is 2.15. The molecule has 8 nitrogen and oxygen atoms in total. The van der Waals surface area contributed by atoms with Crippen LogP contribution in [0.5, 0.6) is 0 Å². The van der Waals surface area contributed by atoms with Crippen LogP contribution in [0.2, 0.25) is 0 Å². The van der Waals surface area contributed by atoms with Gasteiger partial charge in [-0.1, -0.05) is 13.8 Å². The lowest BCUT2D eigenvalue weighted by Crippen LogP contribution is -2.43. The molecule has 0 atom stereocenters. The van der Waals surface area contributed by atoms with Gasteiger partial charge in [0.2, 0.25) is 15.6 Å². The molecule has 0 spiro atoms. The third-order valence-electron chi connectivity index (χ3n) is 3.78. The van der Waals surface area contributed by atoms with E-state index in [0.29, 0.717) is 37.6 Å². The molecule has 24 heavy (non-hydrogen) atoms. The summed E-state index contributed by atoms with van der Waals surface area (Å²) in [4.78, 5) is 26.3. The van der Waals surface area contributed by atoms with Crippen LogP contribution in [0, 0.1) is 0 Å². The number of carbonyl (C=O) groups is 1. The maximum atomic E-state index is 12.3. The van der Waals surface area contributed by atoms with Crippen LogP contribution in [-0.2, 0) is 14.8 Å². The van der Waals surface area contributed by atoms with Crippen LogP contribution in [0.4, 0.5) is 0 Å². The number of H-pyrrole nitrogens is 1. The molecule has 1 aromatic rings. The minimum Gasteiger partial charge on any atom is -0.379 e. The Morgan fingerprint density at radius 3 is 2.62 bits per heavy atom. The molecule has 2 heterocycles. The summed E-state index contributed by atoms with van der Waals surface area (Å²) >= 11 is 0. The first-order valence-corrected chi connectivity index (χ1v) is 9.49. The molecular weight excluding hydrogens is 334 g/mol. The van der Waals surface area contributed by atoms with Crippen molar-refractivity contribution >= 4 is 15.9 Å². The van der Waals surface area contributed by atoms with Crippen LogP contribution in [0.1, 0.15) is 35.8 Å². The van der Waals surface area contributed by atoms with Crippen LogP contribution >= 0.6 is 0 Å². The van der Waals surface area contributed by atoms with Crippen LogP contribution in [-0.4, -0.2) is 62.2 Å². The van der Waals surface area contributed by atoms with Gasteiger partial charge in [0, 0.05) is 31.4 Å². The molecule has 1 amide bonds. The molecule has 0 unspecified atom stereocenters. The molecule has 0 radical (unpaired) electrons. The zero-order valence-corrected chi connectivity index (χ0v) is 14.7. The lowest BCUT2D eigenvalue weighted by molar-refractivity contribution is 0.0730. The largest absolute Gasteiger partial charge is 0.379 e. The summed E-state index contributed by atoms with van der Waals surface area (Å²) in [6.07, 6.45) is 0. The number of hydrogen-bond acceptors (Lipinski definition) is 5. The third-order valence-corrected chi connectivity index (χ3v) is 5.65. The Balaban J connectivity index is 1.97. The first-order chi connectivity index (χ1) is 11.3. The molecule has 134 valence electrons. The van der Waals surface area contributed by atoms with Gasteiger partial charge in [-0.05, 0) is 12.0 Å². The number of hydrogen-bond donors (Lipinski definition) is 2. The van der Waals surface area contributed by atoms with E-state index in [2.05, 4.69) is 10.3 Å². The molecule has 1 aliphatic heterocycles. The zero-order valence-electron chi connectivity index (χ0n) is 13.9. The maximum Gasteiger partial charge on any atom is 0.253 e. The zero-order chi connectivity index (χ0) is 17.7. The van der Waals surface area contributed by atoms with Crippen molar-refractivity contribution in [2.24, 2.45) is 0 Å². The monoisotopic (exact) mass is 357 g/mol. The van der Waals surface area contributed by atoms with Gasteiger partial charge >= 0.3 is 0 Å². The first kappa shape index (κ1) is 18.6. The Morgan fingerprint density at radius 1 is 1.33 bits per heavy atom. The van der Waals surface area contributed by atoms with Gasteiger partial charge in [0.15, 0.2) is 0 Å². The van der Waals surface area contributed by atoms with E-state index in [4.69, 9.17) is 4.74 Å². The first-order valence-electron chi connectivity index (χ1n) is 7.88. The molecule has 9 heteroatoms. The van der Waals surface area contributed by atoms with Gasteiger partial charge in [-0.15, -0.1) is 0 Å². The highest BCUT2D eigenvalue weighted by Gasteiger charge is 2.24. The SMILES string of the molecule is CC(C)c1[nH]c(=O)ccc1C(=O)NCCS(=O)(=O)N1CCOCC1. The van der Waals surface area contributed by atoms with E-state index in [-0.39, 0.29) is 23.8 Å². The average Bonchev–Trinajstić information content (AvgIpc) is 2.55. The topological polar surface area (TPSA) is 109 Å². The maximum absolute atomic E-state index is 12.3. The van der Waals surface area contributed by atoms with Gasteiger partial charge < -0.3 is 15.0 Å². The van der Waals surface area contributed by atoms with E-state index in [1.165, 1.54) is 16.4 Å². The van der Waals surface area contributed by atoms with Gasteiger partial charge in [0.1, 0.15) is 0 Å². The van der Waals surface area contributed by atoms with Gasteiger partial charge in [0.05, 0.1) is 24.5 Å². The second kappa shape index (κ2) is 7.91. The molecular formula is C15H23N3O5S. The number of aromatic amines is 1. The summed E-state index contributed by atoms with van der Waals surface area (Å²) in [6, 6.07) is 2.74. The predicted molar refractivity (Wildman–Crippen MR) is 89.7 cm³/mol. The van der Waals surface area contributed by atoms with E-state index in [0.717, 1.165) is 0 Å². The van der Waals surface area contributed by atoms with Crippen LogP contribution in [0.25, 0.3) is 0 Å². The lowest BCUT2D eigenvalue weighted by Gasteiger charge is -2.26. The number of amides is 1. The van der Waals surface area contributed by atoms with Crippen molar-refractivity contribution in [3.8, 4) is 0 Å². The summed E-state index contributed by atoms with van der Waals surface area (Å²) in [5.41, 5.74) is 0.620. The molecule has 1 fully saturated rings. The van der Waals surface area contributed by atoms with Crippen molar-refractivity contribution in [1.29, 1.82) is 0 Å². The average molecular weight is 357 g/mol. The summed E-state index contributed by atoms with van der Waals surface area (Å²) in [5.74, 6) is -0.595. The smallest absolute Gasteiger partial charge is 0.253 e. The molecule has 1 aromatic heterocycles. The molecule has 0 bridgehead atoms. The number of nitrogens with one attached hydrogen (secondary N) is 2. The van der Waals surface area contributed by atoms with E-state index in [9.17, 15) is 18.0 Å². The second-order valence-corrected chi connectivity index (χ2v) is 7.98. The number of aromatic nitrogens is 1. The number of pyridine rings is 1. The quantitative estimate of drug-likeness (QED) is 0.738. The Morgan fingerprint density at radius 2 is 2.00 bits per heavy atom. The van der Waals surface area contributed by atoms with E-state index < -0.39 is 15.9 Å². The van der Waals surface area contributed by atoms with Crippen LogP contribution in [0.3, 0.4) is 0 Å². The minimum absolute atomic E-state index is 0.00911. The number of morpholine rings is 1. The molecule has 0 aliphatic carbocycles. The standard InChI is InChI=1S/C15H23N3O5S/c1-11(2)14-12(3-4-13(19)17-14)15(20)16-5-10-24(21,22)18-6-8-23-9-7-18/h3-4,11H,5-10H2,1-2H3,(H,16,20)(H,17,19). The number of nitrogens with zero attached hydrogens (tertiary/aromatic N) is 1. The summed E-state index contributed by atoms with van der Waals surface area (Å²) in [6.45, 7) is 5.20. The fourth-order valence-corrected chi connectivity index (χ4v) is 3.81. The molecule has 0 saturated carbocycles. The van der Waals surface area contributed by atoms with Crippen molar-refractivity contribution < 1.29 is 17.9 Å². The van der Waals surface area contributed by atoms with Crippen molar-refractivity contribution in [3.63, 3.8) is 0 Å². The minimum atomic E-state index is -3.41. The summed E-state index contributed by atoms with van der Waals surface area (Å²) in [7, 11) is -3.41. The van der Waals surface area contributed by atoms with Gasteiger partial charge in [0.25, 0.3) is 5.91 Å².